The molecule has 0 heterocycles. The summed E-state index contributed by atoms with van der Waals surface area (Å²) in [5.74, 6) is -0.580. The normalized spacial score (nSPS) is 27.5. The molecule has 1 saturated carbocycles. The molecule has 5 heteroatoms. The van der Waals surface area contributed by atoms with Crippen LogP contribution < -0.4 is 0 Å². The molecule has 5 nitrogen and oxygen atoms in total. The molecule has 0 spiro atoms. The number of esters is 1. The summed E-state index contributed by atoms with van der Waals surface area (Å²) < 4.78 is 5.14. The summed E-state index contributed by atoms with van der Waals surface area (Å²) in [5.41, 5.74) is -0.669. The molecule has 2 unspecified atom stereocenters. The Morgan fingerprint density at radius 1 is 1.35 bits per heavy atom. The van der Waals surface area contributed by atoms with Gasteiger partial charge in [-0.2, -0.15) is 0 Å². The third kappa shape index (κ3) is 3.52. The van der Waals surface area contributed by atoms with Gasteiger partial charge < -0.3 is 20.1 Å². The van der Waals surface area contributed by atoms with Crippen LogP contribution in [0.1, 0.15) is 19.3 Å². The first-order valence-corrected chi connectivity index (χ1v) is 5.75. The average molecular weight is 244 g/mol. The maximum absolute atomic E-state index is 11.1. The van der Waals surface area contributed by atoms with E-state index in [0.29, 0.717) is 19.3 Å². The Kier molecular flexibility index (Phi) is 5.11. The Morgan fingerprint density at radius 2 is 2.00 bits per heavy atom. The minimum Gasteiger partial charge on any atom is -0.459 e. The number of rotatable bonds is 5. The summed E-state index contributed by atoms with van der Waals surface area (Å²) >= 11 is 0. The predicted molar refractivity (Wildman–Crippen MR) is 61.1 cm³/mol. The molecule has 0 saturated heterocycles. The summed E-state index contributed by atoms with van der Waals surface area (Å²) in [6, 6.07) is 0. The molecule has 17 heavy (non-hydrogen) atoms. The molecule has 0 aromatic rings. The lowest BCUT2D eigenvalue weighted by molar-refractivity contribution is -0.151. The predicted octanol–water partition coefficient (Wildman–Crippen LogP) is -0.152. The highest BCUT2D eigenvalue weighted by molar-refractivity contribution is 5.81. The highest BCUT2D eigenvalue weighted by atomic mass is 16.5. The van der Waals surface area contributed by atoms with Crippen LogP contribution in [0.5, 0.6) is 0 Å². The smallest absolute Gasteiger partial charge is 0.330 e. The highest BCUT2D eigenvalue weighted by Gasteiger charge is 2.41. The topological polar surface area (TPSA) is 87.0 Å². The van der Waals surface area contributed by atoms with Crippen LogP contribution in [0.15, 0.2) is 12.7 Å². The zero-order valence-corrected chi connectivity index (χ0v) is 9.84. The first-order chi connectivity index (χ1) is 8.09. The van der Waals surface area contributed by atoms with Crippen molar-refractivity contribution in [1.29, 1.82) is 0 Å². The van der Waals surface area contributed by atoms with E-state index in [9.17, 15) is 20.1 Å². The van der Waals surface area contributed by atoms with Crippen molar-refractivity contribution in [1.82, 2.24) is 0 Å². The van der Waals surface area contributed by atoms with Crippen LogP contribution in [0.3, 0.4) is 0 Å². The number of aliphatic hydroxyl groups excluding tert-OH is 3. The number of carbonyl (C=O) groups excluding carboxylic acids is 1. The van der Waals surface area contributed by atoms with Crippen molar-refractivity contribution in [2.75, 3.05) is 19.8 Å². The first kappa shape index (κ1) is 14.2. The van der Waals surface area contributed by atoms with E-state index in [1.54, 1.807) is 0 Å². The van der Waals surface area contributed by atoms with Crippen molar-refractivity contribution in [2.45, 2.75) is 25.4 Å². The SMILES string of the molecule is C=CC(=O)OC1CC(CO)CC(CO)(CO)C1. The number of ether oxygens (including phenoxy) is 1. The largest absolute Gasteiger partial charge is 0.459 e. The first-order valence-electron chi connectivity index (χ1n) is 5.75. The molecular formula is C12H20O5. The van der Waals surface area contributed by atoms with Gasteiger partial charge in [-0.1, -0.05) is 6.58 Å². The van der Waals surface area contributed by atoms with Crippen LogP contribution in [-0.2, 0) is 9.53 Å². The van der Waals surface area contributed by atoms with Gasteiger partial charge in [0.25, 0.3) is 0 Å². The maximum Gasteiger partial charge on any atom is 0.330 e. The molecule has 0 aromatic heterocycles. The number of hydrogen-bond donors (Lipinski definition) is 3. The number of aliphatic hydroxyl groups is 3. The van der Waals surface area contributed by atoms with Gasteiger partial charge in [-0.05, 0) is 25.2 Å². The van der Waals surface area contributed by atoms with Crippen molar-refractivity contribution >= 4 is 5.97 Å². The van der Waals surface area contributed by atoms with Gasteiger partial charge in [-0.25, -0.2) is 4.79 Å². The second-order valence-corrected chi connectivity index (χ2v) is 4.77. The number of hydrogen-bond acceptors (Lipinski definition) is 5. The van der Waals surface area contributed by atoms with Gasteiger partial charge in [0.1, 0.15) is 6.10 Å². The molecule has 3 N–H and O–H groups in total. The quantitative estimate of drug-likeness (QED) is 0.462. The third-order valence-electron chi connectivity index (χ3n) is 3.36. The van der Waals surface area contributed by atoms with Crippen LogP contribution >= 0.6 is 0 Å². The van der Waals surface area contributed by atoms with Crippen LogP contribution in [0.25, 0.3) is 0 Å². The summed E-state index contributed by atoms with van der Waals surface area (Å²) in [5, 5.41) is 27.9. The second-order valence-electron chi connectivity index (χ2n) is 4.77. The molecule has 0 aliphatic heterocycles. The van der Waals surface area contributed by atoms with Gasteiger partial charge in [0, 0.05) is 18.1 Å². The van der Waals surface area contributed by atoms with Crippen LogP contribution in [-0.4, -0.2) is 47.2 Å². The lowest BCUT2D eigenvalue weighted by Gasteiger charge is -2.41. The molecule has 1 rings (SSSR count). The summed E-state index contributed by atoms with van der Waals surface area (Å²) in [6.45, 7) is 2.92. The lowest BCUT2D eigenvalue weighted by atomic mass is 9.69. The standard InChI is InChI=1S/C12H20O5/c1-2-11(16)17-10-3-9(6-13)4-12(5-10,7-14)8-15/h2,9-10,13-15H,1,3-8H2. The molecule has 2 atom stereocenters. The fraction of sp³-hybridized carbons (Fsp3) is 0.750. The second kappa shape index (κ2) is 6.14. The third-order valence-corrected chi connectivity index (χ3v) is 3.36. The zero-order valence-electron chi connectivity index (χ0n) is 9.84. The summed E-state index contributed by atoms with van der Waals surface area (Å²) in [4.78, 5) is 11.1. The number of carbonyl (C=O) groups is 1. The van der Waals surface area contributed by atoms with Crippen molar-refractivity contribution in [3.8, 4) is 0 Å². The van der Waals surface area contributed by atoms with Crippen molar-refractivity contribution in [3.63, 3.8) is 0 Å². The Labute approximate surface area is 101 Å². The Bertz CT molecular complexity index is 272. The van der Waals surface area contributed by atoms with E-state index in [1.807, 2.05) is 0 Å². The average Bonchev–Trinajstić information content (AvgIpc) is 2.37. The van der Waals surface area contributed by atoms with Crippen molar-refractivity contribution in [3.05, 3.63) is 12.7 Å². The zero-order chi connectivity index (χ0) is 12.9. The van der Waals surface area contributed by atoms with Gasteiger partial charge >= 0.3 is 5.97 Å². The molecule has 98 valence electrons. The Morgan fingerprint density at radius 3 is 2.47 bits per heavy atom. The highest BCUT2D eigenvalue weighted by Crippen LogP contribution is 2.40. The van der Waals surface area contributed by atoms with Crippen LogP contribution in [0, 0.1) is 11.3 Å². The molecule has 1 fully saturated rings. The molecule has 0 radical (unpaired) electrons. The van der Waals surface area contributed by atoms with Crippen LogP contribution in [0.2, 0.25) is 0 Å². The van der Waals surface area contributed by atoms with E-state index in [0.717, 1.165) is 6.08 Å². The Hall–Kier alpha value is -0.910. The van der Waals surface area contributed by atoms with E-state index in [4.69, 9.17) is 4.74 Å². The van der Waals surface area contributed by atoms with Crippen LogP contribution in [0.4, 0.5) is 0 Å². The fourth-order valence-electron chi connectivity index (χ4n) is 2.47. The van der Waals surface area contributed by atoms with Gasteiger partial charge in [-0.3, -0.25) is 0 Å². The van der Waals surface area contributed by atoms with Crippen molar-refractivity contribution in [2.24, 2.45) is 11.3 Å². The molecule has 0 amide bonds. The van der Waals surface area contributed by atoms with Crippen molar-refractivity contribution < 1.29 is 24.9 Å². The molecule has 0 bridgehead atoms. The van der Waals surface area contributed by atoms with E-state index in [2.05, 4.69) is 6.58 Å². The van der Waals surface area contributed by atoms with Gasteiger partial charge in [0.2, 0.25) is 0 Å². The summed E-state index contributed by atoms with van der Waals surface area (Å²) in [6.07, 6.45) is 2.21. The van der Waals surface area contributed by atoms with Gasteiger partial charge in [0.05, 0.1) is 13.2 Å². The van der Waals surface area contributed by atoms with E-state index in [-0.39, 0.29) is 31.8 Å². The van der Waals surface area contributed by atoms with E-state index >= 15 is 0 Å². The van der Waals surface area contributed by atoms with E-state index < -0.39 is 11.4 Å². The maximum atomic E-state index is 11.1. The summed E-state index contributed by atoms with van der Waals surface area (Å²) in [7, 11) is 0. The van der Waals surface area contributed by atoms with Gasteiger partial charge in [0.15, 0.2) is 0 Å². The fourth-order valence-corrected chi connectivity index (χ4v) is 2.47. The molecule has 1 aliphatic carbocycles. The van der Waals surface area contributed by atoms with Gasteiger partial charge in [-0.15, -0.1) is 0 Å². The molecule has 0 aromatic carbocycles. The minimum atomic E-state index is -0.669. The monoisotopic (exact) mass is 244 g/mol. The Balaban J connectivity index is 2.72. The lowest BCUT2D eigenvalue weighted by Crippen LogP contribution is -2.43. The molecule has 1 aliphatic rings. The van der Waals surface area contributed by atoms with E-state index in [1.165, 1.54) is 0 Å². The molecular weight excluding hydrogens is 224 g/mol. The minimum absolute atomic E-state index is 0.0378.